The molecule has 0 unspecified atom stereocenters. The van der Waals surface area contributed by atoms with Crippen molar-refractivity contribution in [3.05, 3.63) is 65.6 Å². The minimum absolute atomic E-state index is 0.127. The van der Waals surface area contributed by atoms with Gasteiger partial charge in [-0.25, -0.2) is 9.67 Å². The van der Waals surface area contributed by atoms with E-state index in [9.17, 15) is 18.0 Å². The molecule has 0 atom stereocenters. The Bertz CT molecular complexity index is 1010. The highest BCUT2D eigenvalue weighted by Crippen LogP contribution is 2.29. The summed E-state index contributed by atoms with van der Waals surface area (Å²) in [6.07, 6.45) is -2.33. The van der Waals surface area contributed by atoms with Gasteiger partial charge in [-0.1, -0.05) is 13.8 Å². The first-order valence-electron chi connectivity index (χ1n) is 9.36. The molecule has 158 valence electrons. The van der Waals surface area contributed by atoms with Gasteiger partial charge in [-0.15, -0.1) is 0 Å². The molecule has 2 aromatic heterocycles. The van der Waals surface area contributed by atoms with Crippen LogP contribution in [0.25, 0.3) is 5.82 Å². The maximum atomic E-state index is 12.8. The number of amides is 1. The van der Waals surface area contributed by atoms with Crippen LogP contribution >= 0.6 is 0 Å². The van der Waals surface area contributed by atoms with E-state index in [-0.39, 0.29) is 17.6 Å². The van der Waals surface area contributed by atoms with Crippen molar-refractivity contribution in [1.82, 2.24) is 14.8 Å². The lowest BCUT2D eigenvalue weighted by atomic mass is 10.1. The Morgan fingerprint density at radius 1 is 1.13 bits per heavy atom. The van der Waals surface area contributed by atoms with Gasteiger partial charge in [0.05, 0.1) is 29.6 Å². The van der Waals surface area contributed by atoms with Crippen LogP contribution < -0.4 is 10.1 Å². The molecular weight excluding hydrogens is 397 g/mol. The number of hydrogen-bond donors (Lipinski definition) is 1. The van der Waals surface area contributed by atoms with Crippen LogP contribution in [-0.2, 0) is 6.18 Å². The summed E-state index contributed by atoms with van der Waals surface area (Å²) in [4.78, 5) is 16.7. The van der Waals surface area contributed by atoms with Gasteiger partial charge in [0.25, 0.3) is 5.91 Å². The fraction of sp³-hybridized carbons (Fsp3) is 0.286. The zero-order valence-electron chi connectivity index (χ0n) is 16.7. The third kappa shape index (κ3) is 4.61. The maximum Gasteiger partial charge on any atom is 0.417 e. The third-order valence-corrected chi connectivity index (χ3v) is 4.31. The molecule has 9 heteroatoms. The number of aromatic nitrogens is 3. The van der Waals surface area contributed by atoms with E-state index in [1.807, 2.05) is 20.8 Å². The second kappa shape index (κ2) is 8.56. The maximum absolute atomic E-state index is 12.8. The van der Waals surface area contributed by atoms with Crippen LogP contribution in [0.5, 0.6) is 5.75 Å². The number of rotatable bonds is 6. The number of carbonyl (C=O) groups is 1. The van der Waals surface area contributed by atoms with Crippen LogP contribution in [0.2, 0.25) is 0 Å². The first kappa shape index (κ1) is 21.4. The lowest BCUT2D eigenvalue weighted by molar-refractivity contribution is -0.137. The zero-order chi connectivity index (χ0) is 21.9. The van der Waals surface area contributed by atoms with Crippen molar-refractivity contribution < 1.29 is 22.7 Å². The molecule has 0 saturated carbocycles. The first-order valence-corrected chi connectivity index (χ1v) is 9.36. The van der Waals surface area contributed by atoms with Gasteiger partial charge in [-0.2, -0.15) is 18.3 Å². The molecule has 3 aromatic rings. The molecule has 0 fully saturated rings. The normalized spacial score (nSPS) is 11.6. The molecule has 1 N–H and O–H groups in total. The topological polar surface area (TPSA) is 69.0 Å². The van der Waals surface area contributed by atoms with Crippen molar-refractivity contribution in [2.24, 2.45) is 0 Å². The van der Waals surface area contributed by atoms with E-state index < -0.39 is 11.7 Å². The summed E-state index contributed by atoms with van der Waals surface area (Å²) >= 11 is 0. The number of ether oxygens (including phenoxy) is 1. The Morgan fingerprint density at radius 3 is 2.37 bits per heavy atom. The van der Waals surface area contributed by atoms with Gasteiger partial charge in [0.15, 0.2) is 5.82 Å². The molecule has 0 aliphatic rings. The van der Waals surface area contributed by atoms with Crippen LogP contribution in [0.4, 0.5) is 18.9 Å². The fourth-order valence-electron chi connectivity index (χ4n) is 2.95. The zero-order valence-corrected chi connectivity index (χ0v) is 16.7. The molecule has 0 radical (unpaired) electrons. The smallest absolute Gasteiger partial charge is 0.417 e. The number of nitrogens with zero attached hydrogens (tertiary/aromatic N) is 3. The standard InChI is InChI=1S/C21H21F3N4O2/c1-4-30-16-8-6-15(7-9-16)27-20(29)17-12-26-28(19(17)13(2)3)18-10-5-14(11-25-18)21(22,23)24/h5-13H,4H2,1-3H3,(H,27,29). The highest BCUT2D eigenvalue weighted by Gasteiger charge is 2.31. The second-order valence-corrected chi connectivity index (χ2v) is 6.82. The van der Waals surface area contributed by atoms with Crippen molar-refractivity contribution in [3.63, 3.8) is 0 Å². The lowest BCUT2D eigenvalue weighted by Crippen LogP contribution is -2.16. The molecule has 0 aliphatic heterocycles. The van der Waals surface area contributed by atoms with E-state index in [0.717, 1.165) is 12.3 Å². The molecule has 1 aromatic carbocycles. The van der Waals surface area contributed by atoms with Gasteiger partial charge < -0.3 is 10.1 Å². The second-order valence-electron chi connectivity index (χ2n) is 6.82. The molecule has 2 heterocycles. The average Bonchev–Trinajstić information content (AvgIpc) is 3.15. The number of halogens is 3. The summed E-state index contributed by atoms with van der Waals surface area (Å²) in [5.41, 5.74) is 0.600. The Hall–Kier alpha value is -3.36. The average molecular weight is 418 g/mol. The number of hydrogen-bond acceptors (Lipinski definition) is 4. The van der Waals surface area contributed by atoms with Gasteiger partial charge >= 0.3 is 6.18 Å². The van der Waals surface area contributed by atoms with Gasteiger partial charge in [0, 0.05) is 11.9 Å². The summed E-state index contributed by atoms with van der Waals surface area (Å²) < 4.78 is 45.1. The fourth-order valence-corrected chi connectivity index (χ4v) is 2.95. The summed E-state index contributed by atoms with van der Waals surface area (Å²) in [6, 6.07) is 9.11. The molecule has 1 amide bonds. The number of pyridine rings is 1. The van der Waals surface area contributed by atoms with E-state index in [2.05, 4.69) is 15.4 Å². The van der Waals surface area contributed by atoms with Gasteiger partial charge in [-0.3, -0.25) is 4.79 Å². The largest absolute Gasteiger partial charge is 0.494 e. The van der Waals surface area contributed by atoms with Gasteiger partial charge in [0.1, 0.15) is 5.75 Å². The highest BCUT2D eigenvalue weighted by atomic mass is 19.4. The molecular formula is C21H21F3N4O2. The SMILES string of the molecule is CCOc1ccc(NC(=O)c2cnn(-c3ccc(C(F)(F)F)cn3)c2C(C)C)cc1. The molecule has 0 spiro atoms. The number of carbonyl (C=O) groups excluding carboxylic acids is 1. The number of benzene rings is 1. The Balaban J connectivity index is 1.87. The molecule has 3 rings (SSSR count). The molecule has 6 nitrogen and oxygen atoms in total. The first-order chi connectivity index (χ1) is 14.2. The van der Waals surface area contributed by atoms with Crippen molar-refractivity contribution in [3.8, 4) is 11.6 Å². The van der Waals surface area contributed by atoms with Gasteiger partial charge in [0.2, 0.25) is 0 Å². The van der Waals surface area contributed by atoms with Crippen molar-refractivity contribution in [2.75, 3.05) is 11.9 Å². The highest BCUT2D eigenvalue weighted by molar-refractivity contribution is 6.05. The summed E-state index contributed by atoms with van der Waals surface area (Å²) in [7, 11) is 0. The summed E-state index contributed by atoms with van der Waals surface area (Å²) in [6.45, 7) is 6.16. The van der Waals surface area contributed by atoms with Crippen LogP contribution in [-0.4, -0.2) is 27.3 Å². The van der Waals surface area contributed by atoms with E-state index >= 15 is 0 Å². The van der Waals surface area contributed by atoms with Crippen LogP contribution in [0.3, 0.4) is 0 Å². The van der Waals surface area contributed by atoms with Crippen LogP contribution in [0.1, 0.15) is 48.3 Å². The van der Waals surface area contributed by atoms with Crippen LogP contribution in [0, 0.1) is 0 Å². The van der Waals surface area contributed by atoms with Crippen molar-refractivity contribution in [1.29, 1.82) is 0 Å². The Kier molecular flexibility index (Phi) is 6.09. The van der Waals surface area contributed by atoms with E-state index in [1.54, 1.807) is 24.3 Å². The number of anilines is 1. The predicted molar refractivity (Wildman–Crippen MR) is 106 cm³/mol. The van der Waals surface area contributed by atoms with E-state index in [0.29, 0.717) is 29.3 Å². The molecule has 30 heavy (non-hydrogen) atoms. The third-order valence-electron chi connectivity index (χ3n) is 4.31. The van der Waals surface area contributed by atoms with E-state index in [4.69, 9.17) is 4.74 Å². The molecule has 0 bridgehead atoms. The number of nitrogens with one attached hydrogen (secondary N) is 1. The Labute approximate surface area is 171 Å². The predicted octanol–water partition coefficient (Wildman–Crippen LogP) is 5.06. The van der Waals surface area contributed by atoms with E-state index in [1.165, 1.54) is 16.9 Å². The minimum atomic E-state index is -4.47. The molecule has 0 aliphatic carbocycles. The monoisotopic (exact) mass is 418 g/mol. The number of alkyl halides is 3. The quantitative estimate of drug-likeness (QED) is 0.608. The Morgan fingerprint density at radius 2 is 1.83 bits per heavy atom. The van der Waals surface area contributed by atoms with Gasteiger partial charge in [-0.05, 0) is 49.2 Å². The lowest BCUT2D eigenvalue weighted by Gasteiger charge is -2.13. The van der Waals surface area contributed by atoms with Crippen molar-refractivity contribution >= 4 is 11.6 Å². The molecule has 0 saturated heterocycles. The summed E-state index contributed by atoms with van der Waals surface area (Å²) in [5.74, 6) is 0.394. The minimum Gasteiger partial charge on any atom is -0.494 e. The van der Waals surface area contributed by atoms with Crippen molar-refractivity contribution in [2.45, 2.75) is 32.9 Å². The van der Waals surface area contributed by atoms with Crippen LogP contribution in [0.15, 0.2) is 48.8 Å². The summed E-state index contributed by atoms with van der Waals surface area (Å²) in [5, 5.41) is 6.99.